The highest BCUT2D eigenvalue weighted by Gasteiger charge is 2.21. The maximum atomic E-state index is 8.73. The highest BCUT2D eigenvalue weighted by atomic mass is 16.7. The summed E-state index contributed by atoms with van der Waals surface area (Å²) in [5.74, 6) is 0.405. The van der Waals surface area contributed by atoms with Crippen LogP contribution in [0.5, 0.6) is 0 Å². The van der Waals surface area contributed by atoms with E-state index >= 15 is 0 Å². The summed E-state index contributed by atoms with van der Waals surface area (Å²) < 4.78 is 11.0. The molecule has 0 aromatic carbocycles. The number of allylic oxidation sites excluding steroid dienone is 4. The van der Waals surface area contributed by atoms with Crippen LogP contribution < -0.4 is 0 Å². The molecule has 3 heteroatoms. The Bertz CT molecular complexity index is 299. The SMILES string of the molecule is CC.OC/C=C/C1C=CC=C(C2OCCO2)CC1. The Labute approximate surface area is 110 Å². The van der Waals surface area contributed by atoms with Gasteiger partial charge in [0.15, 0.2) is 6.29 Å². The minimum absolute atomic E-state index is 0.111. The minimum atomic E-state index is -0.134. The van der Waals surface area contributed by atoms with E-state index in [0.717, 1.165) is 12.8 Å². The van der Waals surface area contributed by atoms with Gasteiger partial charge in [-0.3, -0.25) is 0 Å². The predicted molar refractivity (Wildman–Crippen MR) is 73.2 cm³/mol. The Hall–Kier alpha value is -0.900. The van der Waals surface area contributed by atoms with Crippen molar-refractivity contribution in [3.63, 3.8) is 0 Å². The Morgan fingerprint density at radius 3 is 2.72 bits per heavy atom. The second kappa shape index (κ2) is 9.09. The molecule has 1 atom stereocenters. The average Bonchev–Trinajstić information content (AvgIpc) is 2.85. The molecule has 0 aromatic heterocycles. The molecule has 0 saturated carbocycles. The van der Waals surface area contributed by atoms with Gasteiger partial charge >= 0.3 is 0 Å². The predicted octanol–water partition coefficient (Wildman–Crippen LogP) is 2.83. The lowest BCUT2D eigenvalue weighted by Gasteiger charge is -2.13. The van der Waals surface area contributed by atoms with Crippen LogP contribution in [0.1, 0.15) is 26.7 Å². The molecule has 0 spiro atoms. The highest BCUT2D eigenvalue weighted by Crippen LogP contribution is 2.25. The van der Waals surface area contributed by atoms with Gasteiger partial charge in [-0.2, -0.15) is 0 Å². The van der Waals surface area contributed by atoms with E-state index in [1.54, 1.807) is 6.08 Å². The van der Waals surface area contributed by atoms with Crippen molar-refractivity contribution in [2.45, 2.75) is 33.0 Å². The average molecular weight is 252 g/mol. The summed E-state index contributed by atoms with van der Waals surface area (Å²) in [6.07, 6.45) is 12.0. The van der Waals surface area contributed by atoms with Crippen LogP contribution in [-0.2, 0) is 9.47 Å². The van der Waals surface area contributed by atoms with E-state index in [2.05, 4.69) is 18.2 Å². The molecule has 0 radical (unpaired) electrons. The third-order valence-electron chi connectivity index (χ3n) is 2.85. The molecule has 102 valence electrons. The number of aliphatic hydroxyl groups excluding tert-OH is 1. The summed E-state index contributed by atoms with van der Waals surface area (Å²) in [6.45, 7) is 5.50. The first kappa shape index (κ1) is 15.2. The van der Waals surface area contributed by atoms with E-state index in [0.29, 0.717) is 19.1 Å². The first-order chi connectivity index (χ1) is 8.90. The molecule has 2 aliphatic rings. The first-order valence-corrected chi connectivity index (χ1v) is 6.78. The normalized spacial score (nSPS) is 24.6. The van der Waals surface area contributed by atoms with Crippen LogP contribution in [0.15, 0.2) is 36.0 Å². The molecule has 1 aliphatic carbocycles. The van der Waals surface area contributed by atoms with Crippen molar-refractivity contribution in [2.75, 3.05) is 19.8 Å². The topological polar surface area (TPSA) is 38.7 Å². The van der Waals surface area contributed by atoms with Crippen molar-refractivity contribution in [1.82, 2.24) is 0 Å². The van der Waals surface area contributed by atoms with Gasteiger partial charge in [0.2, 0.25) is 0 Å². The zero-order valence-electron chi connectivity index (χ0n) is 11.3. The fourth-order valence-electron chi connectivity index (χ4n) is 2.00. The molecule has 1 aliphatic heterocycles. The lowest BCUT2D eigenvalue weighted by Crippen LogP contribution is -2.11. The Morgan fingerprint density at radius 2 is 2.06 bits per heavy atom. The summed E-state index contributed by atoms with van der Waals surface area (Å²) in [7, 11) is 0. The van der Waals surface area contributed by atoms with Crippen LogP contribution in [-0.4, -0.2) is 31.2 Å². The molecule has 1 N–H and O–H groups in total. The minimum Gasteiger partial charge on any atom is -0.392 e. The summed E-state index contributed by atoms with van der Waals surface area (Å²) in [6, 6.07) is 0. The summed E-state index contributed by atoms with van der Waals surface area (Å²) in [5.41, 5.74) is 1.22. The Morgan fingerprint density at radius 1 is 1.33 bits per heavy atom. The molecule has 1 saturated heterocycles. The van der Waals surface area contributed by atoms with Gasteiger partial charge in [0.1, 0.15) is 0 Å². The third kappa shape index (κ3) is 4.77. The van der Waals surface area contributed by atoms with Crippen molar-refractivity contribution in [2.24, 2.45) is 5.92 Å². The molecule has 2 rings (SSSR count). The molecule has 1 fully saturated rings. The summed E-state index contributed by atoms with van der Waals surface area (Å²) in [4.78, 5) is 0. The van der Waals surface area contributed by atoms with Crippen molar-refractivity contribution < 1.29 is 14.6 Å². The van der Waals surface area contributed by atoms with E-state index in [-0.39, 0.29) is 12.9 Å². The number of ether oxygens (including phenoxy) is 2. The van der Waals surface area contributed by atoms with E-state index in [1.165, 1.54) is 5.57 Å². The van der Waals surface area contributed by atoms with Gasteiger partial charge in [0.05, 0.1) is 19.8 Å². The fourth-order valence-corrected chi connectivity index (χ4v) is 2.00. The first-order valence-electron chi connectivity index (χ1n) is 6.78. The maximum absolute atomic E-state index is 8.73. The van der Waals surface area contributed by atoms with Crippen LogP contribution in [0.3, 0.4) is 0 Å². The van der Waals surface area contributed by atoms with E-state index in [1.807, 2.05) is 19.9 Å². The number of hydrogen-bond donors (Lipinski definition) is 1. The van der Waals surface area contributed by atoms with Gasteiger partial charge < -0.3 is 14.6 Å². The molecule has 3 nitrogen and oxygen atoms in total. The maximum Gasteiger partial charge on any atom is 0.180 e. The van der Waals surface area contributed by atoms with Crippen LogP contribution in [0.25, 0.3) is 0 Å². The van der Waals surface area contributed by atoms with Gasteiger partial charge in [0.25, 0.3) is 0 Å². The van der Waals surface area contributed by atoms with Gasteiger partial charge in [-0.05, 0) is 24.3 Å². The van der Waals surface area contributed by atoms with Crippen LogP contribution in [0.4, 0.5) is 0 Å². The zero-order valence-corrected chi connectivity index (χ0v) is 11.3. The molecule has 1 heterocycles. The van der Waals surface area contributed by atoms with Gasteiger partial charge in [-0.25, -0.2) is 0 Å². The molecule has 18 heavy (non-hydrogen) atoms. The number of aliphatic hydroxyl groups is 1. The standard InChI is InChI=1S/C13H18O3.C2H6/c14-8-2-4-11-3-1-5-12(7-6-11)13-15-9-10-16-13;1-2/h1-5,11,13-14H,6-10H2;1-2H3/b4-2+;. The monoisotopic (exact) mass is 252 g/mol. The molecule has 1 unspecified atom stereocenters. The molecule has 0 amide bonds. The number of rotatable bonds is 3. The zero-order chi connectivity index (χ0) is 13.2. The molecular formula is C15H24O3. The lowest BCUT2D eigenvalue weighted by atomic mass is 10.0. The van der Waals surface area contributed by atoms with Crippen LogP contribution in [0, 0.1) is 5.92 Å². The fraction of sp³-hybridized carbons (Fsp3) is 0.600. The second-order valence-electron chi connectivity index (χ2n) is 4.01. The van der Waals surface area contributed by atoms with Gasteiger partial charge in [-0.15, -0.1) is 0 Å². The molecule has 0 aromatic rings. The quantitative estimate of drug-likeness (QED) is 0.785. The molecular weight excluding hydrogens is 228 g/mol. The van der Waals surface area contributed by atoms with Crippen molar-refractivity contribution in [3.8, 4) is 0 Å². The summed E-state index contributed by atoms with van der Waals surface area (Å²) in [5, 5.41) is 8.73. The summed E-state index contributed by atoms with van der Waals surface area (Å²) >= 11 is 0. The van der Waals surface area contributed by atoms with Crippen molar-refractivity contribution in [3.05, 3.63) is 36.0 Å². The van der Waals surface area contributed by atoms with Crippen LogP contribution in [0.2, 0.25) is 0 Å². The van der Waals surface area contributed by atoms with Gasteiger partial charge in [-0.1, -0.05) is 44.2 Å². The van der Waals surface area contributed by atoms with Gasteiger partial charge in [0, 0.05) is 0 Å². The lowest BCUT2D eigenvalue weighted by molar-refractivity contribution is -0.0136. The highest BCUT2D eigenvalue weighted by molar-refractivity contribution is 5.20. The van der Waals surface area contributed by atoms with E-state index in [4.69, 9.17) is 14.6 Å². The number of hydrogen-bond acceptors (Lipinski definition) is 3. The van der Waals surface area contributed by atoms with Crippen LogP contribution >= 0.6 is 0 Å². The van der Waals surface area contributed by atoms with E-state index < -0.39 is 0 Å². The molecule has 0 bridgehead atoms. The van der Waals surface area contributed by atoms with E-state index in [9.17, 15) is 0 Å². The van der Waals surface area contributed by atoms with Crippen molar-refractivity contribution in [1.29, 1.82) is 0 Å². The Balaban J connectivity index is 0.000000771. The largest absolute Gasteiger partial charge is 0.392 e. The smallest absolute Gasteiger partial charge is 0.180 e. The van der Waals surface area contributed by atoms with Crippen molar-refractivity contribution >= 4 is 0 Å². The Kier molecular flexibility index (Phi) is 7.65. The second-order valence-corrected chi connectivity index (χ2v) is 4.01. The third-order valence-corrected chi connectivity index (χ3v) is 2.85.